The van der Waals surface area contributed by atoms with E-state index in [9.17, 15) is 9.59 Å². The molecule has 0 saturated heterocycles. The number of benzene rings is 2. The standard InChI is InChI=1S/C25H26ClNO4S/c1-4-30-25(29)23-22(18-9-11-19(26)12-10-18)17(3)32-24(23)27-21(28)6-5-15-31-20-13-7-16(2)8-14-20/h7-14H,4-6,15H2,1-3H3,(H,27,28). The van der Waals surface area contributed by atoms with Gasteiger partial charge in [0.25, 0.3) is 0 Å². The molecule has 1 amide bonds. The van der Waals surface area contributed by atoms with Crippen LogP contribution < -0.4 is 10.1 Å². The van der Waals surface area contributed by atoms with Crippen molar-refractivity contribution in [2.24, 2.45) is 0 Å². The Balaban J connectivity index is 1.70. The Hall–Kier alpha value is -2.83. The molecular formula is C25H26ClNO4S. The Morgan fingerprint density at radius 3 is 2.38 bits per heavy atom. The number of carbonyl (C=O) groups is 2. The summed E-state index contributed by atoms with van der Waals surface area (Å²) in [6.45, 7) is 6.37. The van der Waals surface area contributed by atoms with Crippen molar-refractivity contribution < 1.29 is 19.1 Å². The van der Waals surface area contributed by atoms with Crippen LogP contribution in [0.5, 0.6) is 5.75 Å². The number of aryl methyl sites for hydroxylation is 2. The smallest absolute Gasteiger partial charge is 0.341 e. The van der Waals surface area contributed by atoms with Crippen molar-refractivity contribution in [3.8, 4) is 16.9 Å². The van der Waals surface area contributed by atoms with Crippen LogP contribution in [0.2, 0.25) is 5.02 Å². The zero-order valence-corrected chi connectivity index (χ0v) is 19.9. The number of ether oxygens (including phenoxy) is 2. The third-order valence-electron chi connectivity index (χ3n) is 4.79. The predicted octanol–water partition coefficient (Wildman–Crippen LogP) is 6.66. The minimum atomic E-state index is -0.459. The molecule has 0 bridgehead atoms. The lowest BCUT2D eigenvalue weighted by atomic mass is 10.0. The Morgan fingerprint density at radius 2 is 1.72 bits per heavy atom. The van der Waals surface area contributed by atoms with Crippen LogP contribution in [0.4, 0.5) is 5.00 Å². The molecule has 0 atom stereocenters. The number of esters is 1. The second-order valence-corrected chi connectivity index (χ2v) is 8.94. The van der Waals surface area contributed by atoms with E-state index in [1.165, 1.54) is 16.9 Å². The maximum absolute atomic E-state index is 12.7. The van der Waals surface area contributed by atoms with E-state index in [1.807, 2.05) is 50.2 Å². The summed E-state index contributed by atoms with van der Waals surface area (Å²) in [5, 5.41) is 4.00. The normalized spacial score (nSPS) is 10.6. The lowest BCUT2D eigenvalue weighted by molar-refractivity contribution is -0.116. The molecule has 0 unspecified atom stereocenters. The monoisotopic (exact) mass is 471 g/mol. The molecule has 1 heterocycles. The van der Waals surface area contributed by atoms with Crippen LogP contribution in [-0.2, 0) is 9.53 Å². The fraction of sp³-hybridized carbons (Fsp3) is 0.280. The van der Waals surface area contributed by atoms with Crippen LogP contribution in [0.3, 0.4) is 0 Å². The number of thiophene rings is 1. The molecule has 1 N–H and O–H groups in total. The number of hydrogen-bond acceptors (Lipinski definition) is 5. The summed E-state index contributed by atoms with van der Waals surface area (Å²) >= 11 is 7.38. The van der Waals surface area contributed by atoms with Gasteiger partial charge in [0.15, 0.2) is 0 Å². The molecule has 2 aromatic carbocycles. The number of amides is 1. The van der Waals surface area contributed by atoms with Gasteiger partial charge in [-0.1, -0.05) is 41.4 Å². The van der Waals surface area contributed by atoms with Crippen molar-refractivity contribution in [2.75, 3.05) is 18.5 Å². The number of carbonyl (C=O) groups excluding carboxylic acids is 2. The molecule has 0 fully saturated rings. The van der Waals surface area contributed by atoms with Crippen LogP contribution in [0.1, 0.15) is 40.6 Å². The largest absolute Gasteiger partial charge is 0.494 e. The molecule has 5 nitrogen and oxygen atoms in total. The molecule has 0 saturated carbocycles. The Labute approximate surface area is 197 Å². The first-order valence-electron chi connectivity index (χ1n) is 10.4. The van der Waals surface area contributed by atoms with Gasteiger partial charge >= 0.3 is 5.97 Å². The van der Waals surface area contributed by atoms with Crippen LogP contribution in [0.25, 0.3) is 11.1 Å². The first-order valence-corrected chi connectivity index (χ1v) is 11.6. The van der Waals surface area contributed by atoms with Crippen molar-refractivity contribution in [2.45, 2.75) is 33.6 Å². The van der Waals surface area contributed by atoms with E-state index in [-0.39, 0.29) is 18.9 Å². The van der Waals surface area contributed by atoms with E-state index in [1.54, 1.807) is 19.1 Å². The zero-order chi connectivity index (χ0) is 23.1. The third kappa shape index (κ3) is 6.11. The van der Waals surface area contributed by atoms with Gasteiger partial charge < -0.3 is 14.8 Å². The van der Waals surface area contributed by atoms with Crippen molar-refractivity contribution in [1.29, 1.82) is 0 Å². The number of rotatable bonds is 9. The highest BCUT2D eigenvalue weighted by Gasteiger charge is 2.25. The Morgan fingerprint density at radius 1 is 1.03 bits per heavy atom. The number of anilines is 1. The van der Waals surface area contributed by atoms with Crippen molar-refractivity contribution >= 4 is 39.8 Å². The van der Waals surface area contributed by atoms with Crippen LogP contribution >= 0.6 is 22.9 Å². The summed E-state index contributed by atoms with van der Waals surface area (Å²) in [6, 6.07) is 15.0. The summed E-state index contributed by atoms with van der Waals surface area (Å²) in [5.74, 6) is 0.147. The minimum Gasteiger partial charge on any atom is -0.494 e. The molecule has 32 heavy (non-hydrogen) atoms. The molecule has 7 heteroatoms. The molecule has 1 aromatic heterocycles. The van der Waals surface area contributed by atoms with Crippen molar-refractivity contribution in [3.05, 3.63) is 69.6 Å². The van der Waals surface area contributed by atoms with E-state index in [2.05, 4.69) is 5.32 Å². The summed E-state index contributed by atoms with van der Waals surface area (Å²) in [7, 11) is 0. The second kappa shape index (κ2) is 11.2. The fourth-order valence-electron chi connectivity index (χ4n) is 3.24. The molecule has 0 aliphatic carbocycles. The zero-order valence-electron chi connectivity index (χ0n) is 18.4. The van der Waals surface area contributed by atoms with Crippen LogP contribution in [0.15, 0.2) is 48.5 Å². The SMILES string of the molecule is CCOC(=O)c1c(NC(=O)CCCOc2ccc(C)cc2)sc(C)c1-c1ccc(Cl)cc1. The molecule has 3 aromatic rings. The Kier molecular flexibility index (Phi) is 8.31. The van der Waals surface area contributed by atoms with Gasteiger partial charge in [0, 0.05) is 21.9 Å². The highest BCUT2D eigenvalue weighted by Crippen LogP contribution is 2.40. The average molecular weight is 472 g/mol. The van der Waals surface area contributed by atoms with Crippen molar-refractivity contribution in [3.63, 3.8) is 0 Å². The molecule has 0 aliphatic rings. The molecule has 3 rings (SSSR count). The van der Waals surface area contributed by atoms with Gasteiger partial charge in [-0.05, 0) is 57.0 Å². The predicted molar refractivity (Wildman–Crippen MR) is 130 cm³/mol. The molecule has 0 aliphatic heterocycles. The van der Waals surface area contributed by atoms with Gasteiger partial charge in [-0.15, -0.1) is 11.3 Å². The van der Waals surface area contributed by atoms with Gasteiger partial charge in [0.05, 0.1) is 13.2 Å². The van der Waals surface area contributed by atoms with Gasteiger partial charge in [-0.2, -0.15) is 0 Å². The van der Waals surface area contributed by atoms with E-state index >= 15 is 0 Å². The number of nitrogens with one attached hydrogen (secondary N) is 1. The van der Waals surface area contributed by atoms with Gasteiger partial charge in [0.1, 0.15) is 16.3 Å². The molecule has 168 valence electrons. The summed E-state index contributed by atoms with van der Waals surface area (Å²) in [6.07, 6.45) is 0.838. The first-order chi connectivity index (χ1) is 15.4. The minimum absolute atomic E-state index is 0.174. The fourth-order valence-corrected chi connectivity index (χ4v) is 4.45. The molecule has 0 radical (unpaired) electrons. The topological polar surface area (TPSA) is 64.6 Å². The highest BCUT2D eigenvalue weighted by atomic mass is 35.5. The summed E-state index contributed by atoms with van der Waals surface area (Å²) in [5.41, 5.74) is 3.14. The number of halogens is 1. The van der Waals surface area contributed by atoms with E-state index in [0.717, 1.165) is 21.8 Å². The maximum atomic E-state index is 12.7. The van der Waals surface area contributed by atoms with Gasteiger partial charge in [-0.25, -0.2) is 4.79 Å². The average Bonchev–Trinajstić information content (AvgIpc) is 3.08. The van der Waals surface area contributed by atoms with E-state index < -0.39 is 5.97 Å². The second-order valence-electron chi connectivity index (χ2n) is 7.28. The summed E-state index contributed by atoms with van der Waals surface area (Å²) < 4.78 is 11.0. The van der Waals surface area contributed by atoms with E-state index in [4.69, 9.17) is 21.1 Å². The van der Waals surface area contributed by atoms with Gasteiger partial charge in [0.2, 0.25) is 5.91 Å². The third-order valence-corrected chi connectivity index (χ3v) is 6.06. The van der Waals surface area contributed by atoms with E-state index in [0.29, 0.717) is 28.6 Å². The molecule has 0 spiro atoms. The highest BCUT2D eigenvalue weighted by molar-refractivity contribution is 7.17. The first kappa shape index (κ1) is 23.8. The molecular weight excluding hydrogens is 446 g/mol. The number of hydrogen-bond donors (Lipinski definition) is 1. The van der Waals surface area contributed by atoms with Crippen molar-refractivity contribution in [1.82, 2.24) is 0 Å². The Bertz CT molecular complexity index is 1070. The van der Waals surface area contributed by atoms with Crippen LogP contribution in [0, 0.1) is 13.8 Å². The summed E-state index contributed by atoms with van der Waals surface area (Å²) in [4.78, 5) is 26.2. The lowest BCUT2D eigenvalue weighted by Crippen LogP contribution is -2.15. The maximum Gasteiger partial charge on any atom is 0.341 e. The van der Waals surface area contributed by atoms with Gasteiger partial charge in [-0.3, -0.25) is 4.79 Å². The quantitative estimate of drug-likeness (QED) is 0.280. The van der Waals surface area contributed by atoms with Crippen LogP contribution in [-0.4, -0.2) is 25.1 Å². The lowest BCUT2D eigenvalue weighted by Gasteiger charge is -2.10.